The third-order valence-electron chi connectivity index (χ3n) is 3.40. The minimum atomic E-state index is -0.969. The van der Waals surface area contributed by atoms with E-state index < -0.39 is 23.7 Å². The first kappa shape index (κ1) is 18.2. The zero-order valence-electron chi connectivity index (χ0n) is 12.6. The van der Waals surface area contributed by atoms with Gasteiger partial charge in [-0.1, -0.05) is 41.4 Å². The molecule has 126 valence electrons. The van der Waals surface area contributed by atoms with Gasteiger partial charge < -0.3 is 11.1 Å². The Balaban J connectivity index is 2.08. The van der Waals surface area contributed by atoms with E-state index in [-0.39, 0.29) is 12.8 Å². The third kappa shape index (κ3) is 4.94. The molecule has 0 aliphatic heterocycles. The van der Waals surface area contributed by atoms with Crippen molar-refractivity contribution in [3.05, 3.63) is 69.5 Å². The standard InChI is InChI=1S/C17H15Cl2FN2O2/c18-13-5-2-6-14(19)12(13)9-15(17(21)24)22-16(23)8-10-3-1-4-11(20)7-10/h1-7,15H,8-9H2,(H2,21,24)(H,22,23)/t15-/m1/s1. The Labute approximate surface area is 148 Å². The molecule has 0 radical (unpaired) electrons. The molecule has 0 aliphatic rings. The summed E-state index contributed by atoms with van der Waals surface area (Å²) < 4.78 is 13.1. The highest BCUT2D eigenvalue weighted by molar-refractivity contribution is 6.36. The number of carbonyl (C=O) groups excluding carboxylic acids is 2. The lowest BCUT2D eigenvalue weighted by atomic mass is 10.0. The Hall–Kier alpha value is -2.11. The van der Waals surface area contributed by atoms with Gasteiger partial charge in [0.05, 0.1) is 6.42 Å². The minimum Gasteiger partial charge on any atom is -0.368 e. The summed E-state index contributed by atoms with van der Waals surface area (Å²) >= 11 is 12.1. The zero-order valence-corrected chi connectivity index (χ0v) is 14.1. The van der Waals surface area contributed by atoms with Crippen molar-refractivity contribution in [3.63, 3.8) is 0 Å². The fourth-order valence-electron chi connectivity index (χ4n) is 2.23. The first-order valence-corrected chi connectivity index (χ1v) is 7.88. The summed E-state index contributed by atoms with van der Waals surface area (Å²) in [6, 6.07) is 9.64. The molecule has 0 aromatic heterocycles. The first-order valence-electron chi connectivity index (χ1n) is 7.13. The highest BCUT2D eigenvalue weighted by atomic mass is 35.5. The topological polar surface area (TPSA) is 72.2 Å². The fraction of sp³-hybridized carbons (Fsp3) is 0.176. The van der Waals surface area contributed by atoms with Crippen molar-refractivity contribution < 1.29 is 14.0 Å². The molecule has 7 heteroatoms. The van der Waals surface area contributed by atoms with Crippen LogP contribution in [0.25, 0.3) is 0 Å². The van der Waals surface area contributed by atoms with Gasteiger partial charge in [-0.2, -0.15) is 0 Å². The van der Waals surface area contributed by atoms with Gasteiger partial charge in [-0.05, 0) is 35.4 Å². The van der Waals surface area contributed by atoms with Crippen molar-refractivity contribution in [2.24, 2.45) is 5.73 Å². The molecule has 2 aromatic carbocycles. The number of primary amides is 1. The van der Waals surface area contributed by atoms with Crippen LogP contribution in [-0.2, 0) is 22.4 Å². The average Bonchev–Trinajstić information content (AvgIpc) is 2.49. The number of halogens is 3. The van der Waals surface area contributed by atoms with E-state index in [0.29, 0.717) is 21.2 Å². The fourth-order valence-corrected chi connectivity index (χ4v) is 2.78. The van der Waals surface area contributed by atoms with Gasteiger partial charge in [0.2, 0.25) is 11.8 Å². The van der Waals surface area contributed by atoms with Gasteiger partial charge in [0, 0.05) is 16.5 Å². The second kappa shape index (κ2) is 8.13. The predicted molar refractivity (Wildman–Crippen MR) is 91.4 cm³/mol. The van der Waals surface area contributed by atoms with E-state index in [0.717, 1.165) is 0 Å². The molecule has 0 unspecified atom stereocenters. The molecule has 0 bridgehead atoms. The van der Waals surface area contributed by atoms with Crippen molar-refractivity contribution in [2.75, 3.05) is 0 Å². The molecule has 2 rings (SSSR count). The number of hydrogen-bond donors (Lipinski definition) is 2. The highest BCUT2D eigenvalue weighted by Crippen LogP contribution is 2.25. The van der Waals surface area contributed by atoms with Gasteiger partial charge in [-0.3, -0.25) is 9.59 Å². The molecule has 0 aliphatic carbocycles. The zero-order chi connectivity index (χ0) is 17.7. The number of amides is 2. The highest BCUT2D eigenvalue weighted by Gasteiger charge is 2.21. The van der Waals surface area contributed by atoms with Crippen LogP contribution in [0, 0.1) is 5.82 Å². The Bertz CT molecular complexity index is 748. The Morgan fingerprint density at radius 3 is 2.33 bits per heavy atom. The molecule has 0 spiro atoms. The number of carbonyl (C=O) groups is 2. The van der Waals surface area contributed by atoms with Crippen LogP contribution in [0.4, 0.5) is 4.39 Å². The van der Waals surface area contributed by atoms with Gasteiger partial charge >= 0.3 is 0 Å². The van der Waals surface area contributed by atoms with Crippen molar-refractivity contribution >= 4 is 35.0 Å². The van der Waals surface area contributed by atoms with Crippen molar-refractivity contribution in [3.8, 4) is 0 Å². The van der Waals surface area contributed by atoms with Gasteiger partial charge in [0.1, 0.15) is 11.9 Å². The number of benzene rings is 2. The lowest BCUT2D eigenvalue weighted by molar-refractivity contribution is -0.127. The molecule has 0 fully saturated rings. The van der Waals surface area contributed by atoms with E-state index in [1.807, 2.05) is 0 Å². The summed E-state index contributed by atoms with van der Waals surface area (Å²) in [6.07, 6.45) is 0.000521. The molecule has 0 heterocycles. The van der Waals surface area contributed by atoms with E-state index in [1.54, 1.807) is 24.3 Å². The molecule has 3 N–H and O–H groups in total. The van der Waals surface area contributed by atoms with Crippen LogP contribution in [0.2, 0.25) is 10.0 Å². The quantitative estimate of drug-likeness (QED) is 0.822. The summed E-state index contributed by atoms with van der Waals surface area (Å²) in [6.45, 7) is 0. The molecule has 1 atom stereocenters. The molecule has 24 heavy (non-hydrogen) atoms. The van der Waals surface area contributed by atoms with E-state index in [1.165, 1.54) is 18.2 Å². The van der Waals surface area contributed by atoms with Crippen molar-refractivity contribution in [2.45, 2.75) is 18.9 Å². The van der Waals surface area contributed by atoms with Crippen molar-refractivity contribution in [1.29, 1.82) is 0 Å². The molecular formula is C17H15Cl2FN2O2. The van der Waals surface area contributed by atoms with Crippen LogP contribution in [0.3, 0.4) is 0 Å². The van der Waals surface area contributed by atoms with Crippen LogP contribution in [0.1, 0.15) is 11.1 Å². The molecule has 4 nitrogen and oxygen atoms in total. The number of rotatable bonds is 6. The van der Waals surface area contributed by atoms with Gasteiger partial charge in [-0.15, -0.1) is 0 Å². The monoisotopic (exact) mass is 368 g/mol. The number of nitrogens with two attached hydrogens (primary N) is 1. The van der Waals surface area contributed by atoms with Gasteiger partial charge in [0.15, 0.2) is 0 Å². The summed E-state index contributed by atoms with van der Waals surface area (Å²) in [7, 11) is 0. The summed E-state index contributed by atoms with van der Waals surface area (Å²) in [5, 5.41) is 3.30. The van der Waals surface area contributed by atoms with Crippen LogP contribution in [-0.4, -0.2) is 17.9 Å². The third-order valence-corrected chi connectivity index (χ3v) is 4.11. The maximum absolute atomic E-state index is 13.1. The largest absolute Gasteiger partial charge is 0.368 e. The molecular weight excluding hydrogens is 354 g/mol. The second-order valence-corrected chi connectivity index (χ2v) is 6.05. The van der Waals surface area contributed by atoms with E-state index >= 15 is 0 Å². The van der Waals surface area contributed by atoms with E-state index in [9.17, 15) is 14.0 Å². The van der Waals surface area contributed by atoms with Crippen LogP contribution < -0.4 is 11.1 Å². The maximum atomic E-state index is 13.1. The first-order chi connectivity index (χ1) is 11.4. The number of hydrogen-bond acceptors (Lipinski definition) is 2. The Morgan fingerprint density at radius 1 is 1.12 bits per heavy atom. The molecule has 2 amide bonds. The van der Waals surface area contributed by atoms with E-state index in [4.69, 9.17) is 28.9 Å². The predicted octanol–water partition coefficient (Wildman–Crippen LogP) is 2.89. The molecule has 2 aromatic rings. The SMILES string of the molecule is NC(=O)[C@@H](Cc1c(Cl)cccc1Cl)NC(=O)Cc1cccc(F)c1. The van der Waals surface area contributed by atoms with E-state index in [2.05, 4.69) is 5.32 Å². The summed E-state index contributed by atoms with van der Waals surface area (Å²) in [4.78, 5) is 23.7. The Morgan fingerprint density at radius 2 is 1.75 bits per heavy atom. The Kier molecular flexibility index (Phi) is 6.17. The van der Waals surface area contributed by atoms with Gasteiger partial charge in [-0.25, -0.2) is 4.39 Å². The lowest BCUT2D eigenvalue weighted by Gasteiger charge is -2.17. The number of nitrogens with one attached hydrogen (secondary N) is 1. The van der Waals surface area contributed by atoms with Crippen LogP contribution >= 0.6 is 23.2 Å². The second-order valence-electron chi connectivity index (χ2n) is 5.23. The molecule has 0 saturated carbocycles. The average molecular weight is 369 g/mol. The summed E-state index contributed by atoms with van der Waals surface area (Å²) in [5.74, 6) is -1.60. The molecule has 0 saturated heterocycles. The normalized spacial score (nSPS) is 11.8. The maximum Gasteiger partial charge on any atom is 0.240 e. The smallest absolute Gasteiger partial charge is 0.240 e. The van der Waals surface area contributed by atoms with Crippen molar-refractivity contribution in [1.82, 2.24) is 5.32 Å². The van der Waals surface area contributed by atoms with Gasteiger partial charge in [0.25, 0.3) is 0 Å². The van der Waals surface area contributed by atoms with Crippen LogP contribution in [0.15, 0.2) is 42.5 Å². The minimum absolute atomic E-state index is 0.0716. The van der Waals surface area contributed by atoms with Crippen LogP contribution in [0.5, 0.6) is 0 Å². The summed E-state index contributed by atoms with van der Waals surface area (Å²) in [5.41, 5.74) is 6.37. The lowest BCUT2D eigenvalue weighted by Crippen LogP contribution is -2.46.